The molecule has 1 amide bonds. The Balaban J connectivity index is 1.50. The molecule has 2 N–H and O–H groups in total. The number of nitrogens with one attached hydrogen (secondary N) is 2. The van der Waals surface area contributed by atoms with Gasteiger partial charge in [-0.3, -0.25) is 14.7 Å². The van der Waals surface area contributed by atoms with Crippen molar-refractivity contribution in [2.24, 2.45) is 10.9 Å². The van der Waals surface area contributed by atoms with E-state index in [1.165, 1.54) is 32.2 Å². The Bertz CT molecular complexity index is 489. The molecular formula is C20H37N5O. The zero-order chi connectivity index (χ0) is 18.4. The van der Waals surface area contributed by atoms with Crippen molar-refractivity contribution in [1.29, 1.82) is 0 Å². The van der Waals surface area contributed by atoms with Crippen molar-refractivity contribution in [2.45, 2.75) is 70.9 Å². The molecule has 2 unspecified atom stereocenters. The zero-order valence-corrected chi connectivity index (χ0v) is 16.7. The summed E-state index contributed by atoms with van der Waals surface area (Å²) in [6.07, 6.45) is 8.19. The van der Waals surface area contributed by atoms with Crippen LogP contribution in [-0.4, -0.2) is 73.0 Å². The Hall–Kier alpha value is -1.30. The van der Waals surface area contributed by atoms with Gasteiger partial charge in [-0.2, -0.15) is 0 Å². The largest absolute Gasteiger partial charge is 0.357 e. The summed E-state index contributed by atoms with van der Waals surface area (Å²) in [5.41, 5.74) is 0. The van der Waals surface area contributed by atoms with E-state index in [2.05, 4.69) is 34.3 Å². The number of rotatable bonds is 6. The van der Waals surface area contributed by atoms with Crippen LogP contribution in [0.2, 0.25) is 0 Å². The highest BCUT2D eigenvalue weighted by atomic mass is 16.2. The van der Waals surface area contributed by atoms with Crippen molar-refractivity contribution in [3.63, 3.8) is 0 Å². The van der Waals surface area contributed by atoms with Crippen molar-refractivity contribution in [1.82, 2.24) is 20.4 Å². The van der Waals surface area contributed by atoms with Crippen LogP contribution in [0.3, 0.4) is 0 Å². The second-order valence-corrected chi connectivity index (χ2v) is 8.04. The first-order chi connectivity index (χ1) is 12.7. The number of hydrogen-bond acceptors (Lipinski definition) is 3. The number of nitrogens with zero attached hydrogens (tertiary/aromatic N) is 3. The first-order valence-electron chi connectivity index (χ1n) is 10.8. The lowest BCUT2D eigenvalue weighted by Crippen LogP contribution is -2.46. The van der Waals surface area contributed by atoms with Crippen LogP contribution in [0.1, 0.15) is 58.8 Å². The van der Waals surface area contributed by atoms with Gasteiger partial charge in [0.2, 0.25) is 5.91 Å². The third-order valence-corrected chi connectivity index (χ3v) is 6.25. The summed E-state index contributed by atoms with van der Waals surface area (Å²) in [6.45, 7) is 10.1. The topological polar surface area (TPSA) is 60.0 Å². The van der Waals surface area contributed by atoms with E-state index < -0.39 is 0 Å². The van der Waals surface area contributed by atoms with E-state index in [0.717, 1.165) is 57.9 Å². The predicted octanol–water partition coefficient (Wildman–Crippen LogP) is 1.82. The van der Waals surface area contributed by atoms with Gasteiger partial charge in [-0.05, 0) is 52.1 Å². The molecule has 6 heteroatoms. The maximum absolute atomic E-state index is 12.6. The highest BCUT2D eigenvalue weighted by Gasteiger charge is 2.32. The number of likely N-dealkylation sites (N-methyl/N-ethyl adjacent to an activating group) is 1. The Morgan fingerprint density at radius 2 is 1.88 bits per heavy atom. The number of carbonyl (C=O) groups is 1. The van der Waals surface area contributed by atoms with Gasteiger partial charge >= 0.3 is 0 Å². The van der Waals surface area contributed by atoms with E-state index in [4.69, 9.17) is 4.99 Å². The average Bonchev–Trinajstić information content (AvgIpc) is 3.40. The van der Waals surface area contributed by atoms with Gasteiger partial charge in [0.05, 0.1) is 6.54 Å². The second-order valence-electron chi connectivity index (χ2n) is 8.04. The first kappa shape index (κ1) is 19.5. The molecular weight excluding hydrogens is 326 g/mol. The van der Waals surface area contributed by atoms with Crippen molar-refractivity contribution in [3.8, 4) is 0 Å². The summed E-state index contributed by atoms with van der Waals surface area (Å²) in [6, 6.07) is 0.906. The predicted molar refractivity (Wildman–Crippen MR) is 106 cm³/mol. The fourth-order valence-electron chi connectivity index (χ4n) is 4.74. The lowest BCUT2D eigenvalue weighted by molar-refractivity contribution is -0.134. The molecule has 0 aromatic heterocycles. The maximum atomic E-state index is 12.6. The molecule has 1 aliphatic carbocycles. The van der Waals surface area contributed by atoms with Gasteiger partial charge in [-0.15, -0.1) is 0 Å². The minimum atomic E-state index is 0.290. The van der Waals surface area contributed by atoms with Gasteiger partial charge < -0.3 is 15.5 Å². The van der Waals surface area contributed by atoms with Crippen LogP contribution in [0.5, 0.6) is 0 Å². The molecule has 1 saturated carbocycles. The van der Waals surface area contributed by atoms with Crippen molar-refractivity contribution < 1.29 is 4.79 Å². The monoisotopic (exact) mass is 363 g/mol. The molecule has 0 bridgehead atoms. The molecule has 0 aromatic carbocycles. The van der Waals surface area contributed by atoms with Crippen LogP contribution in [-0.2, 0) is 4.79 Å². The van der Waals surface area contributed by atoms with Crippen molar-refractivity contribution in [3.05, 3.63) is 0 Å². The van der Waals surface area contributed by atoms with E-state index >= 15 is 0 Å². The van der Waals surface area contributed by atoms with E-state index in [0.29, 0.717) is 18.0 Å². The summed E-state index contributed by atoms with van der Waals surface area (Å²) < 4.78 is 0. The number of likely N-dealkylation sites (tertiary alicyclic amines) is 2. The quantitative estimate of drug-likeness (QED) is 0.558. The lowest BCUT2D eigenvalue weighted by atomic mass is 10.1. The molecule has 0 aromatic rings. The molecule has 148 valence electrons. The van der Waals surface area contributed by atoms with Crippen molar-refractivity contribution >= 4 is 11.9 Å². The van der Waals surface area contributed by atoms with Crippen LogP contribution in [0.25, 0.3) is 0 Å². The van der Waals surface area contributed by atoms with Crippen LogP contribution < -0.4 is 10.6 Å². The summed E-state index contributed by atoms with van der Waals surface area (Å²) in [5.74, 6) is 1.59. The van der Waals surface area contributed by atoms with Crippen molar-refractivity contribution in [2.75, 3.05) is 39.3 Å². The minimum Gasteiger partial charge on any atom is -0.357 e. The Morgan fingerprint density at radius 1 is 1.08 bits per heavy atom. The van der Waals surface area contributed by atoms with Gasteiger partial charge in [-0.25, -0.2) is 0 Å². The van der Waals surface area contributed by atoms with Gasteiger partial charge in [-0.1, -0.05) is 19.8 Å². The molecule has 3 fully saturated rings. The van der Waals surface area contributed by atoms with E-state index in [1.54, 1.807) is 0 Å². The minimum absolute atomic E-state index is 0.290. The van der Waals surface area contributed by atoms with E-state index in [1.807, 2.05) is 0 Å². The van der Waals surface area contributed by atoms with Gasteiger partial charge in [0.1, 0.15) is 0 Å². The number of guanidine groups is 1. The molecule has 26 heavy (non-hydrogen) atoms. The Labute approximate surface area is 158 Å². The summed E-state index contributed by atoms with van der Waals surface area (Å²) in [7, 11) is 0. The third kappa shape index (κ3) is 4.90. The summed E-state index contributed by atoms with van der Waals surface area (Å²) in [5, 5.41) is 6.96. The Kier molecular flexibility index (Phi) is 7.17. The molecule has 2 aliphatic heterocycles. The third-order valence-electron chi connectivity index (χ3n) is 6.25. The molecule has 3 aliphatic rings. The van der Waals surface area contributed by atoms with E-state index in [-0.39, 0.29) is 5.92 Å². The number of hydrogen-bond donors (Lipinski definition) is 2. The summed E-state index contributed by atoms with van der Waals surface area (Å²) in [4.78, 5) is 22.1. The number of aliphatic imine (C=N–C) groups is 1. The molecule has 3 rings (SSSR count). The molecule has 2 saturated heterocycles. The molecule has 0 radical (unpaired) electrons. The number of amides is 1. The highest BCUT2D eigenvalue weighted by Crippen LogP contribution is 2.27. The first-order valence-corrected chi connectivity index (χ1v) is 10.8. The normalized spacial score (nSPS) is 28.1. The molecule has 6 nitrogen and oxygen atoms in total. The maximum Gasteiger partial charge on any atom is 0.225 e. The van der Waals surface area contributed by atoms with Crippen LogP contribution >= 0.6 is 0 Å². The fraction of sp³-hybridized carbons (Fsp3) is 0.900. The molecule has 0 spiro atoms. The molecule has 2 heterocycles. The fourth-order valence-corrected chi connectivity index (χ4v) is 4.74. The number of carbonyl (C=O) groups excluding carboxylic acids is 1. The highest BCUT2D eigenvalue weighted by molar-refractivity contribution is 5.81. The van der Waals surface area contributed by atoms with Gasteiger partial charge in [0.15, 0.2) is 5.96 Å². The van der Waals surface area contributed by atoms with Gasteiger partial charge in [0.25, 0.3) is 0 Å². The Morgan fingerprint density at radius 3 is 2.62 bits per heavy atom. The molecule has 2 atom stereocenters. The van der Waals surface area contributed by atoms with Crippen LogP contribution in [0, 0.1) is 5.92 Å². The average molecular weight is 364 g/mol. The lowest BCUT2D eigenvalue weighted by Gasteiger charge is -2.23. The second kappa shape index (κ2) is 9.58. The smallest absolute Gasteiger partial charge is 0.225 e. The van der Waals surface area contributed by atoms with Gasteiger partial charge in [0, 0.05) is 37.6 Å². The SMILES string of the molecule is CCNC(=NCC1CCCN1CC)NC1CCN(C(=O)C2CCCC2)C1. The summed E-state index contributed by atoms with van der Waals surface area (Å²) >= 11 is 0. The standard InChI is InChI=1S/C20H37N5O/c1-3-21-20(22-14-18-10-7-12-24(18)4-2)23-17-11-13-25(15-17)19(26)16-8-5-6-9-16/h16-18H,3-15H2,1-2H3,(H2,21,22,23). The zero-order valence-electron chi connectivity index (χ0n) is 16.7. The van der Waals surface area contributed by atoms with Crippen LogP contribution in [0.15, 0.2) is 4.99 Å². The van der Waals surface area contributed by atoms with E-state index in [9.17, 15) is 4.79 Å². The van der Waals surface area contributed by atoms with Crippen LogP contribution in [0.4, 0.5) is 0 Å².